The third-order valence-corrected chi connectivity index (χ3v) is 7.75. The van der Waals surface area contributed by atoms with E-state index >= 15 is 0 Å². The molecule has 12 heteroatoms. The topological polar surface area (TPSA) is 117 Å². The molecule has 1 aliphatic heterocycles. The third-order valence-electron chi connectivity index (χ3n) is 7.00. The van der Waals surface area contributed by atoms with Crippen LogP contribution in [0.5, 0.6) is 11.5 Å². The number of rotatable bonds is 9. The van der Waals surface area contributed by atoms with E-state index in [9.17, 15) is 9.59 Å². The Balaban J connectivity index is 1.59. The number of pyridine rings is 1. The molecule has 1 amide bonds. The van der Waals surface area contributed by atoms with Crippen molar-refractivity contribution in [2.75, 3.05) is 32.8 Å². The van der Waals surface area contributed by atoms with Gasteiger partial charge in [-0.3, -0.25) is 9.59 Å². The fourth-order valence-electron chi connectivity index (χ4n) is 4.72. The second kappa shape index (κ2) is 11.4. The van der Waals surface area contributed by atoms with Gasteiger partial charge in [-0.25, -0.2) is 9.97 Å². The average Bonchev–Trinajstić information content (AvgIpc) is 3.76. The van der Waals surface area contributed by atoms with E-state index in [4.69, 9.17) is 37.4 Å². The number of anilines is 1. The predicted molar refractivity (Wildman–Crippen MR) is 150 cm³/mol. The summed E-state index contributed by atoms with van der Waals surface area (Å²) in [6.45, 7) is 4.88. The van der Waals surface area contributed by atoms with Gasteiger partial charge in [-0.05, 0) is 37.3 Å². The fourth-order valence-corrected chi connectivity index (χ4v) is 5.41. The molecule has 10 nitrogen and oxygen atoms in total. The minimum atomic E-state index is -0.287. The number of halogens is 2. The van der Waals surface area contributed by atoms with E-state index in [0.29, 0.717) is 60.2 Å². The number of fused-ring (bicyclic) bond motifs is 1. The monoisotopic (exact) mass is 573 g/mol. The number of methoxy groups -OCH3 is 2. The zero-order valence-electron chi connectivity index (χ0n) is 21.6. The van der Waals surface area contributed by atoms with E-state index < -0.39 is 0 Å². The lowest BCUT2D eigenvalue weighted by Crippen LogP contribution is -2.52. The van der Waals surface area contributed by atoms with Gasteiger partial charge in [-0.1, -0.05) is 29.8 Å². The zero-order chi connectivity index (χ0) is 27.7. The zero-order valence-corrected chi connectivity index (χ0v) is 23.1. The summed E-state index contributed by atoms with van der Waals surface area (Å²) in [6, 6.07) is 2.94. The molecular weight excluding hydrogens is 545 g/mol. The summed E-state index contributed by atoms with van der Waals surface area (Å²) in [5.41, 5.74) is 0.938. The molecule has 0 spiro atoms. The number of ether oxygens (including phenoxy) is 3. The van der Waals surface area contributed by atoms with Crippen LogP contribution >= 0.6 is 23.2 Å². The molecule has 1 saturated carbocycles. The molecule has 5 rings (SSSR count). The summed E-state index contributed by atoms with van der Waals surface area (Å²) < 4.78 is 18.2. The summed E-state index contributed by atoms with van der Waals surface area (Å²) in [6.07, 6.45) is 5.49. The Labute approximate surface area is 235 Å². The third kappa shape index (κ3) is 5.54. The Bertz CT molecular complexity index is 1460. The highest BCUT2D eigenvalue weighted by Crippen LogP contribution is 2.46. The molecule has 1 aromatic carbocycles. The molecular formula is C27H29Cl2N5O5. The van der Waals surface area contributed by atoms with Gasteiger partial charge in [-0.15, -0.1) is 0 Å². The van der Waals surface area contributed by atoms with Crippen LogP contribution < -0.4 is 25.7 Å². The highest BCUT2D eigenvalue weighted by molar-refractivity contribution is 6.41. The Morgan fingerprint density at radius 1 is 1.18 bits per heavy atom. The SMILES string of the molecule is C=CC(=O)N[C@H]1CCOC[C@H]1Nc1ncc2cc(-c3c(Cl)c(OC)cc(OC)c3Cl)n(CC3CC3)c(=O)c2n1. The lowest BCUT2D eigenvalue weighted by Gasteiger charge is -2.32. The molecule has 0 bridgehead atoms. The van der Waals surface area contributed by atoms with Crippen molar-refractivity contribution in [1.29, 1.82) is 0 Å². The van der Waals surface area contributed by atoms with Crippen molar-refractivity contribution in [1.82, 2.24) is 19.9 Å². The quantitative estimate of drug-likeness (QED) is 0.368. The molecule has 39 heavy (non-hydrogen) atoms. The number of nitrogens with one attached hydrogen (secondary N) is 2. The van der Waals surface area contributed by atoms with Gasteiger partial charge < -0.3 is 29.4 Å². The van der Waals surface area contributed by atoms with Crippen LogP contribution in [0.15, 0.2) is 35.8 Å². The Morgan fingerprint density at radius 2 is 1.90 bits per heavy atom. The van der Waals surface area contributed by atoms with Gasteiger partial charge >= 0.3 is 0 Å². The fraction of sp³-hybridized carbons (Fsp3) is 0.407. The van der Waals surface area contributed by atoms with Gasteiger partial charge in [0.05, 0.1) is 48.6 Å². The lowest BCUT2D eigenvalue weighted by molar-refractivity contribution is -0.117. The molecule has 0 radical (unpaired) electrons. The normalized spacial score (nSPS) is 19.0. The number of hydrogen-bond donors (Lipinski definition) is 2. The van der Waals surface area contributed by atoms with E-state index in [1.807, 2.05) is 6.07 Å². The Morgan fingerprint density at radius 3 is 2.54 bits per heavy atom. The van der Waals surface area contributed by atoms with Crippen LogP contribution in [0.1, 0.15) is 19.3 Å². The molecule has 1 saturated heterocycles. The number of hydrogen-bond acceptors (Lipinski definition) is 8. The molecule has 3 heterocycles. The first-order chi connectivity index (χ1) is 18.8. The molecule has 2 aliphatic rings. The number of aromatic nitrogens is 3. The van der Waals surface area contributed by atoms with Gasteiger partial charge in [0, 0.05) is 36.4 Å². The summed E-state index contributed by atoms with van der Waals surface area (Å²) >= 11 is 13.5. The van der Waals surface area contributed by atoms with Crippen molar-refractivity contribution in [3.05, 3.63) is 51.4 Å². The number of nitrogens with zero attached hydrogens (tertiary/aromatic N) is 3. The molecule has 206 valence electrons. The van der Waals surface area contributed by atoms with Crippen LogP contribution in [0.4, 0.5) is 5.95 Å². The van der Waals surface area contributed by atoms with Crippen molar-refractivity contribution < 1.29 is 19.0 Å². The maximum atomic E-state index is 13.9. The van der Waals surface area contributed by atoms with E-state index in [2.05, 4.69) is 27.2 Å². The summed E-state index contributed by atoms with van der Waals surface area (Å²) in [7, 11) is 3.01. The summed E-state index contributed by atoms with van der Waals surface area (Å²) in [5, 5.41) is 7.21. The molecule has 3 aromatic rings. The highest BCUT2D eigenvalue weighted by atomic mass is 35.5. The summed E-state index contributed by atoms with van der Waals surface area (Å²) in [4.78, 5) is 34.8. The number of carbonyl (C=O) groups excluding carboxylic acids is 1. The Hall–Kier alpha value is -3.34. The van der Waals surface area contributed by atoms with Gasteiger partial charge in [0.25, 0.3) is 5.56 Å². The lowest BCUT2D eigenvalue weighted by atomic mass is 10.0. The van der Waals surface area contributed by atoms with Crippen molar-refractivity contribution in [2.45, 2.75) is 37.9 Å². The first kappa shape index (κ1) is 27.2. The van der Waals surface area contributed by atoms with Crippen LogP contribution in [0, 0.1) is 5.92 Å². The second-order valence-electron chi connectivity index (χ2n) is 9.60. The van der Waals surface area contributed by atoms with Crippen molar-refractivity contribution >= 4 is 46.0 Å². The highest BCUT2D eigenvalue weighted by Gasteiger charge is 2.29. The minimum Gasteiger partial charge on any atom is -0.495 e. The van der Waals surface area contributed by atoms with E-state index in [1.165, 1.54) is 20.3 Å². The first-order valence-corrected chi connectivity index (χ1v) is 13.4. The van der Waals surface area contributed by atoms with Crippen molar-refractivity contribution in [3.63, 3.8) is 0 Å². The number of carbonyl (C=O) groups is 1. The predicted octanol–water partition coefficient (Wildman–Crippen LogP) is 4.06. The number of amides is 1. The largest absolute Gasteiger partial charge is 0.495 e. The van der Waals surface area contributed by atoms with Crippen molar-refractivity contribution in [2.24, 2.45) is 5.92 Å². The van der Waals surface area contributed by atoms with Crippen LogP contribution in [-0.4, -0.2) is 60.0 Å². The van der Waals surface area contributed by atoms with Crippen LogP contribution in [-0.2, 0) is 16.1 Å². The number of benzene rings is 1. The van der Waals surface area contributed by atoms with Gasteiger partial charge in [0.15, 0.2) is 0 Å². The van der Waals surface area contributed by atoms with E-state index in [1.54, 1.807) is 16.8 Å². The van der Waals surface area contributed by atoms with Gasteiger partial charge in [-0.2, -0.15) is 0 Å². The molecule has 2 aromatic heterocycles. The van der Waals surface area contributed by atoms with Gasteiger partial charge in [0.2, 0.25) is 11.9 Å². The van der Waals surface area contributed by atoms with Crippen LogP contribution in [0.2, 0.25) is 10.0 Å². The maximum absolute atomic E-state index is 13.9. The molecule has 0 unspecified atom stereocenters. The average molecular weight is 574 g/mol. The van der Waals surface area contributed by atoms with E-state index in [-0.39, 0.29) is 45.1 Å². The first-order valence-electron chi connectivity index (χ1n) is 12.6. The smallest absolute Gasteiger partial charge is 0.277 e. The molecule has 2 fully saturated rings. The second-order valence-corrected chi connectivity index (χ2v) is 10.4. The van der Waals surface area contributed by atoms with Gasteiger partial charge in [0.1, 0.15) is 17.0 Å². The summed E-state index contributed by atoms with van der Waals surface area (Å²) in [5.74, 6) is 1.12. The van der Waals surface area contributed by atoms with Crippen molar-refractivity contribution in [3.8, 4) is 22.8 Å². The standard InChI is InChI=1S/C27H29Cl2N5O5/c1-4-21(35)31-16-7-8-39-13-17(16)32-27-30-11-15-9-18(34(12-14-5-6-14)26(36)25(15)33-27)22-23(28)19(37-2)10-20(38-3)24(22)29/h4,9-11,14,16-17H,1,5-8,12-13H2,2-3H3,(H,31,35)(H,30,32,33)/t16-,17+/m0/s1. The molecule has 1 aliphatic carbocycles. The minimum absolute atomic E-state index is 0.204. The van der Waals surface area contributed by atoms with Crippen LogP contribution in [0.25, 0.3) is 22.2 Å². The van der Waals surface area contributed by atoms with Crippen LogP contribution in [0.3, 0.4) is 0 Å². The molecule has 2 N–H and O–H groups in total. The molecule has 2 atom stereocenters. The maximum Gasteiger partial charge on any atom is 0.277 e. The van der Waals surface area contributed by atoms with E-state index in [0.717, 1.165) is 12.8 Å². The Kier molecular flexibility index (Phi) is 7.97.